The summed E-state index contributed by atoms with van der Waals surface area (Å²) >= 11 is 1.76. The van der Waals surface area contributed by atoms with E-state index in [0.29, 0.717) is 17.7 Å². The fourth-order valence-corrected chi connectivity index (χ4v) is 3.18. The fourth-order valence-electron chi connectivity index (χ4n) is 2.80. The number of thioether (sulfide) groups is 1. The Balaban J connectivity index is 1.78. The van der Waals surface area contributed by atoms with Gasteiger partial charge in [0.05, 0.1) is 0 Å². The molecule has 0 bridgehead atoms. The molecular weight excluding hydrogens is 220 g/mol. The summed E-state index contributed by atoms with van der Waals surface area (Å²) in [6.07, 6.45) is 6.48. The van der Waals surface area contributed by atoms with E-state index in [-0.39, 0.29) is 0 Å². The van der Waals surface area contributed by atoms with Crippen molar-refractivity contribution in [2.75, 3.05) is 38.2 Å². The van der Waals surface area contributed by atoms with Crippen molar-refractivity contribution < 1.29 is 4.79 Å². The van der Waals surface area contributed by atoms with Gasteiger partial charge in [-0.3, -0.25) is 4.79 Å². The Hall–Kier alpha value is -0.220. The molecule has 2 heterocycles. The van der Waals surface area contributed by atoms with Gasteiger partial charge in [-0.15, -0.1) is 0 Å². The first-order chi connectivity index (χ1) is 7.76. The molecule has 2 fully saturated rings. The standard InChI is InChI=1S/C12H22N2OS/c1-16-9-2-11(15)14-7-4-12(5-8-14)3-6-13-10-12/h13H,2-10H2,1H3. The van der Waals surface area contributed by atoms with E-state index in [1.807, 2.05) is 0 Å². The quantitative estimate of drug-likeness (QED) is 0.810. The number of hydrogen-bond donors (Lipinski definition) is 1. The van der Waals surface area contributed by atoms with Gasteiger partial charge in [-0.2, -0.15) is 11.8 Å². The van der Waals surface area contributed by atoms with Crippen LogP contribution in [-0.2, 0) is 4.79 Å². The number of carbonyl (C=O) groups excluding carboxylic acids is 1. The van der Waals surface area contributed by atoms with Crippen LogP contribution >= 0.6 is 11.8 Å². The highest BCUT2D eigenvalue weighted by Gasteiger charge is 2.37. The van der Waals surface area contributed by atoms with Crippen LogP contribution in [0.2, 0.25) is 0 Å². The van der Waals surface area contributed by atoms with Gasteiger partial charge in [-0.25, -0.2) is 0 Å². The van der Waals surface area contributed by atoms with Crippen molar-refractivity contribution in [3.63, 3.8) is 0 Å². The van der Waals surface area contributed by atoms with E-state index in [0.717, 1.165) is 18.8 Å². The van der Waals surface area contributed by atoms with Gasteiger partial charge in [0.25, 0.3) is 0 Å². The zero-order valence-electron chi connectivity index (χ0n) is 10.1. The summed E-state index contributed by atoms with van der Waals surface area (Å²) in [5.74, 6) is 1.32. The minimum absolute atomic E-state index is 0.357. The summed E-state index contributed by atoms with van der Waals surface area (Å²) in [4.78, 5) is 13.9. The summed E-state index contributed by atoms with van der Waals surface area (Å²) < 4.78 is 0. The van der Waals surface area contributed by atoms with Gasteiger partial charge in [-0.05, 0) is 37.5 Å². The molecule has 0 saturated carbocycles. The second-order valence-corrected chi connectivity index (χ2v) is 6.04. The Morgan fingerprint density at radius 2 is 2.12 bits per heavy atom. The molecule has 1 amide bonds. The molecule has 2 rings (SSSR count). The molecule has 0 radical (unpaired) electrons. The largest absolute Gasteiger partial charge is 0.343 e. The van der Waals surface area contributed by atoms with E-state index in [9.17, 15) is 4.79 Å². The minimum atomic E-state index is 0.357. The van der Waals surface area contributed by atoms with E-state index in [4.69, 9.17) is 0 Å². The van der Waals surface area contributed by atoms with Crippen LogP contribution in [0.4, 0.5) is 0 Å². The molecule has 0 aromatic carbocycles. The second-order valence-electron chi connectivity index (χ2n) is 5.05. The second kappa shape index (κ2) is 5.41. The average Bonchev–Trinajstić information content (AvgIpc) is 2.75. The monoisotopic (exact) mass is 242 g/mol. The van der Waals surface area contributed by atoms with Crippen LogP contribution in [0, 0.1) is 5.41 Å². The predicted molar refractivity (Wildman–Crippen MR) is 68.7 cm³/mol. The topological polar surface area (TPSA) is 32.3 Å². The molecule has 0 aliphatic carbocycles. The lowest BCUT2D eigenvalue weighted by molar-refractivity contribution is -0.132. The first-order valence-corrected chi connectivity index (χ1v) is 7.63. The maximum Gasteiger partial charge on any atom is 0.223 e. The molecule has 2 aliphatic heterocycles. The molecule has 0 aromatic heterocycles. The Morgan fingerprint density at radius 1 is 1.38 bits per heavy atom. The third-order valence-corrected chi connectivity index (χ3v) is 4.64. The molecule has 4 heteroatoms. The SMILES string of the molecule is CSCCC(=O)N1CCC2(CCNC2)CC1. The Kier molecular flexibility index (Phi) is 4.14. The molecule has 92 valence electrons. The van der Waals surface area contributed by atoms with Crippen molar-refractivity contribution in [2.24, 2.45) is 5.41 Å². The van der Waals surface area contributed by atoms with Crippen LogP contribution in [0.5, 0.6) is 0 Å². The number of hydrogen-bond acceptors (Lipinski definition) is 3. The van der Waals surface area contributed by atoms with E-state index in [1.165, 1.54) is 32.4 Å². The molecule has 1 spiro atoms. The molecule has 2 saturated heterocycles. The average molecular weight is 242 g/mol. The van der Waals surface area contributed by atoms with Gasteiger partial charge in [0, 0.05) is 31.8 Å². The van der Waals surface area contributed by atoms with Crippen LogP contribution in [0.1, 0.15) is 25.7 Å². The number of nitrogens with one attached hydrogen (secondary N) is 1. The summed E-state index contributed by atoms with van der Waals surface area (Å²) in [6.45, 7) is 4.30. The van der Waals surface area contributed by atoms with Crippen LogP contribution in [0.15, 0.2) is 0 Å². The number of carbonyl (C=O) groups is 1. The van der Waals surface area contributed by atoms with E-state index >= 15 is 0 Å². The van der Waals surface area contributed by atoms with Crippen molar-refractivity contribution in [3.05, 3.63) is 0 Å². The van der Waals surface area contributed by atoms with Gasteiger partial charge in [0.1, 0.15) is 0 Å². The minimum Gasteiger partial charge on any atom is -0.343 e. The normalized spacial score (nSPS) is 23.9. The Bertz CT molecular complexity index is 241. The summed E-state index contributed by atoms with van der Waals surface area (Å²) in [6, 6.07) is 0. The van der Waals surface area contributed by atoms with E-state index < -0.39 is 0 Å². The molecule has 0 atom stereocenters. The van der Waals surface area contributed by atoms with E-state index in [1.54, 1.807) is 11.8 Å². The molecule has 0 aromatic rings. The number of rotatable bonds is 3. The maximum atomic E-state index is 11.9. The Labute approximate surface area is 102 Å². The van der Waals surface area contributed by atoms with Crippen LogP contribution in [0.3, 0.4) is 0 Å². The third kappa shape index (κ3) is 2.72. The molecule has 3 nitrogen and oxygen atoms in total. The first-order valence-electron chi connectivity index (χ1n) is 6.23. The highest BCUT2D eigenvalue weighted by atomic mass is 32.2. The van der Waals surface area contributed by atoms with Crippen LogP contribution < -0.4 is 5.32 Å². The molecule has 2 aliphatic rings. The van der Waals surface area contributed by atoms with Crippen molar-refractivity contribution in [2.45, 2.75) is 25.7 Å². The van der Waals surface area contributed by atoms with Crippen LogP contribution in [0.25, 0.3) is 0 Å². The third-order valence-electron chi connectivity index (χ3n) is 4.03. The first kappa shape index (κ1) is 12.2. The predicted octanol–water partition coefficient (Wildman–Crippen LogP) is 1.34. The lowest BCUT2D eigenvalue weighted by Gasteiger charge is -2.38. The number of nitrogens with zero attached hydrogens (tertiary/aromatic N) is 1. The molecule has 16 heavy (non-hydrogen) atoms. The number of piperidine rings is 1. The van der Waals surface area contributed by atoms with Crippen molar-refractivity contribution in [1.82, 2.24) is 10.2 Å². The van der Waals surface area contributed by atoms with Gasteiger partial charge >= 0.3 is 0 Å². The zero-order valence-corrected chi connectivity index (χ0v) is 10.9. The van der Waals surface area contributed by atoms with Crippen molar-refractivity contribution >= 4 is 17.7 Å². The zero-order chi connectivity index (χ0) is 11.4. The Morgan fingerprint density at radius 3 is 2.69 bits per heavy atom. The van der Waals surface area contributed by atoms with Crippen LogP contribution in [-0.4, -0.2) is 49.0 Å². The lowest BCUT2D eigenvalue weighted by Crippen LogP contribution is -2.44. The smallest absolute Gasteiger partial charge is 0.223 e. The summed E-state index contributed by atoms with van der Waals surface area (Å²) in [5, 5.41) is 3.45. The highest BCUT2D eigenvalue weighted by molar-refractivity contribution is 7.98. The van der Waals surface area contributed by atoms with Gasteiger partial charge in [0.2, 0.25) is 5.91 Å². The molecule has 1 N–H and O–H groups in total. The molecular formula is C12H22N2OS. The number of likely N-dealkylation sites (tertiary alicyclic amines) is 1. The fraction of sp³-hybridized carbons (Fsp3) is 0.917. The van der Waals surface area contributed by atoms with Crippen molar-refractivity contribution in [3.8, 4) is 0 Å². The number of amides is 1. The summed E-state index contributed by atoms with van der Waals surface area (Å²) in [7, 11) is 0. The highest BCUT2D eigenvalue weighted by Crippen LogP contribution is 2.36. The van der Waals surface area contributed by atoms with Gasteiger partial charge in [0.15, 0.2) is 0 Å². The van der Waals surface area contributed by atoms with Gasteiger partial charge in [-0.1, -0.05) is 0 Å². The van der Waals surface area contributed by atoms with E-state index in [2.05, 4.69) is 16.5 Å². The van der Waals surface area contributed by atoms with Crippen molar-refractivity contribution in [1.29, 1.82) is 0 Å². The lowest BCUT2D eigenvalue weighted by atomic mass is 9.78. The molecule has 0 unspecified atom stereocenters. The maximum absolute atomic E-state index is 11.9. The summed E-state index contributed by atoms with van der Waals surface area (Å²) in [5.41, 5.74) is 0.524. The van der Waals surface area contributed by atoms with Gasteiger partial charge < -0.3 is 10.2 Å².